The van der Waals surface area contributed by atoms with Crippen LogP contribution in [-0.4, -0.2) is 5.78 Å². The van der Waals surface area contributed by atoms with Crippen LogP contribution < -0.4 is 0 Å². The van der Waals surface area contributed by atoms with E-state index < -0.39 is 17.8 Å². The van der Waals surface area contributed by atoms with Gasteiger partial charge in [-0.15, -0.1) is 0 Å². The Morgan fingerprint density at radius 3 is 2.53 bits per heavy atom. The average Bonchev–Trinajstić information content (AvgIpc) is 2.15. The molecule has 0 fully saturated rings. The molecule has 0 spiro atoms. The van der Waals surface area contributed by atoms with Gasteiger partial charge in [0.2, 0.25) is 0 Å². The second kappa shape index (κ2) is 4.37. The molecular weight excluding hydrogens is 224 g/mol. The van der Waals surface area contributed by atoms with Crippen LogP contribution in [0, 0.1) is 11.3 Å². The number of carbonyl (C=O) groups is 1. The van der Waals surface area contributed by atoms with Crippen molar-refractivity contribution < 1.29 is 13.6 Å². The van der Waals surface area contributed by atoms with Crippen LogP contribution in [0.5, 0.6) is 0 Å². The molecule has 1 aromatic carbocycles. The van der Waals surface area contributed by atoms with Crippen molar-refractivity contribution >= 4 is 17.4 Å². The summed E-state index contributed by atoms with van der Waals surface area (Å²) in [6.45, 7) is 1.13. The van der Waals surface area contributed by atoms with E-state index in [1.54, 1.807) is 6.07 Å². The van der Waals surface area contributed by atoms with Crippen LogP contribution in [0.3, 0.4) is 0 Å². The van der Waals surface area contributed by atoms with Gasteiger partial charge in [-0.3, -0.25) is 4.79 Å². The Morgan fingerprint density at radius 2 is 2.13 bits per heavy atom. The molecule has 78 valence electrons. The van der Waals surface area contributed by atoms with Crippen LogP contribution in [0.2, 0.25) is 5.02 Å². The molecular formula is C10H6ClF2NO. The number of carbonyl (C=O) groups excluding carboxylic acids is 1. The highest BCUT2D eigenvalue weighted by Crippen LogP contribution is 2.29. The van der Waals surface area contributed by atoms with Crippen molar-refractivity contribution in [1.82, 2.24) is 0 Å². The predicted molar refractivity (Wildman–Crippen MR) is 51.1 cm³/mol. The van der Waals surface area contributed by atoms with Crippen molar-refractivity contribution in [1.29, 1.82) is 5.26 Å². The summed E-state index contributed by atoms with van der Waals surface area (Å²) in [4.78, 5) is 11.1. The highest BCUT2D eigenvalue weighted by molar-refractivity contribution is 6.31. The maximum Gasteiger partial charge on any atom is 0.264 e. The molecule has 0 heterocycles. The third kappa shape index (κ3) is 2.31. The lowest BCUT2D eigenvalue weighted by Gasteiger charge is -2.08. The molecule has 0 N–H and O–H groups in total. The molecule has 0 aliphatic heterocycles. The number of hydrogen-bond acceptors (Lipinski definition) is 2. The van der Waals surface area contributed by atoms with E-state index in [0.29, 0.717) is 0 Å². The monoisotopic (exact) mass is 229 g/mol. The minimum atomic E-state index is -2.82. The summed E-state index contributed by atoms with van der Waals surface area (Å²) >= 11 is 5.55. The molecule has 0 unspecified atom stereocenters. The molecule has 0 bridgehead atoms. The van der Waals surface area contributed by atoms with Gasteiger partial charge in [0.15, 0.2) is 5.78 Å². The Labute approximate surface area is 90.1 Å². The van der Waals surface area contributed by atoms with Gasteiger partial charge in [0.05, 0.1) is 11.6 Å². The number of nitriles is 1. The van der Waals surface area contributed by atoms with E-state index in [2.05, 4.69) is 0 Å². The first kappa shape index (κ1) is 11.6. The Kier molecular flexibility index (Phi) is 3.38. The van der Waals surface area contributed by atoms with Gasteiger partial charge in [0, 0.05) is 16.1 Å². The second-order valence-electron chi connectivity index (χ2n) is 2.89. The van der Waals surface area contributed by atoms with Crippen LogP contribution in [-0.2, 0) is 0 Å². The Balaban J connectivity index is 3.56. The van der Waals surface area contributed by atoms with Crippen LogP contribution >= 0.6 is 11.6 Å². The van der Waals surface area contributed by atoms with Gasteiger partial charge in [-0.05, 0) is 19.1 Å². The Bertz CT molecular complexity index is 451. The van der Waals surface area contributed by atoms with Crippen molar-refractivity contribution in [2.45, 2.75) is 13.3 Å². The molecule has 0 aliphatic carbocycles. The van der Waals surface area contributed by atoms with Gasteiger partial charge in [0.25, 0.3) is 6.43 Å². The summed E-state index contributed by atoms with van der Waals surface area (Å²) in [5, 5.41) is 8.71. The van der Waals surface area contributed by atoms with E-state index in [9.17, 15) is 13.6 Å². The average molecular weight is 230 g/mol. The molecule has 15 heavy (non-hydrogen) atoms. The van der Waals surface area contributed by atoms with Gasteiger partial charge >= 0.3 is 0 Å². The van der Waals surface area contributed by atoms with Crippen LogP contribution in [0.4, 0.5) is 8.78 Å². The second-order valence-corrected chi connectivity index (χ2v) is 3.32. The van der Waals surface area contributed by atoms with Gasteiger partial charge in [-0.25, -0.2) is 8.78 Å². The minimum Gasteiger partial charge on any atom is -0.294 e. The van der Waals surface area contributed by atoms with Gasteiger partial charge in [-0.2, -0.15) is 5.26 Å². The molecule has 0 saturated carbocycles. The SMILES string of the molecule is CC(=O)c1c(C#N)cc(Cl)cc1C(F)F. The number of Topliss-reactive ketones (excluding diaryl/α,β-unsaturated/α-hetero) is 1. The zero-order chi connectivity index (χ0) is 11.6. The minimum absolute atomic E-state index is 0.0202. The molecule has 5 heteroatoms. The molecule has 0 saturated heterocycles. The van der Waals surface area contributed by atoms with Crippen molar-refractivity contribution in [3.8, 4) is 6.07 Å². The smallest absolute Gasteiger partial charge is 0.264 e. The zero-order valence-electron chi connectivity index (χ0n) is 7.72. The lowest BCUT2D eigenvalue weighted by Crippen LogP contribution is -2.04. The van der Waals surface area contributed by atoms with E-state index in [1.165, 1.54) is 6.07 Å². The van der Waals surface area contributed by atoms with Crippen molar-refractivity contribution in [3.05, 3.63) is 33.8 Å². The third-order valence-electron chi connectivity index (χ3n) is 1.84. The van der Waals surface area contributed by atoms with E-state index >= 15 is 0 Å². The molecule has 1 aromatic rings. The molecule has 2 nitrogen and oxygen atoms in total. The zero-order valence-corrected chi connectivity index (χ0v) is 8.48. The fourth-order valence-electron chi connectivity index (χ4n) is 1.28. The number of alkyl halides is 2. The summed E-state index contributed by atoms with van der Waals surface area (Å²) in [6, 6.07) is 3.88. The third-order valence-corrected chi connectivity index (χ3v) is 2.06. The van der Waals surface area contributed by atoms with Crippen molar-refractivity contribution in [2.24, 2.45) is 0 Å². The summed E-state index contributed by atoms with van der Waals surface area (Å²) in [6.07, 6.45) is -2.82. The number of benzene rings is 1. The first-order chi connectivity index (χ1) is 6.97. The number of nitrogens with zero attached hydrogens (tertiary/aromatic N) is 1. The maximum atomic E-state index is 12.6. The molecule has 0 aromatic heterocycles. The molecule has 0 atom stereocenters. The highest BCUT2D eigenvalue weighted by atomic mass is 35.5. The molecule has 0 radical (unpaired) electrons. The Morgan fingerprint density at radius 1 is 1.53 bits per heavy atom. The van der Waals surface area contributed by atoms with Crippen LogP contribution in [0.25, 0.3) is 0 Å². The lowest BCUT2D eigenvalue weighted by atomic mass is 9.99. The lowest BCUT2D eigenvalue weighted by molar-refractivity contribution is 0.0998. The van der Waals surface area contributed by atoms with Gasteiger partial charge in [0.1, 0.15) is 0 Å². The Hall–Kier alpha value is -1.47. The van der Waals surface area contributed by atoms with E-state index in [0.717, 1.165) is 13.0 Å². The van der Waals surface area contributed by atoms with Gasteiger partial charge in [-0.1, -0.05) is 11.6 Å². The molecule has 0 aliphatic rings. The molecule has 1 rings (SSSR count). The number of halogens is 3. The van der Waals surface area contributed by atoms with E-state index in [1.807, 2.05) is 0 Å². The van der Waals surface area contributed by atoms with Crippen LogP contribution in [0.1, 0.15) is 34.8 Å². The number of ketones is 1. The van der Waals surface area contributed by atoms with Crippen molar-refractivity contribution in [2.75, 3.05) is 0 Å². The summed E-state index contributed by atoms with van der Waals surface area (Å²) < 4.78 is 25.1. The predicted octanol–water partition coefficient (Wildman–Crippen LogP) is 3.35. The van der Waals surface area contributed by atoms with E-state index in [4.69, 9.17) is 16.9 Å². The first-order valence-electron chi connectivity index (χ1n) is 4.00. The fourth-order valence-corrected chi connectivity index (χ4v) is 1.51. The normalized spacial score (nSPS) is 10.1. The number of hydrogen-bond donors (Lipinski definition) is 0. The van der Waals surface area contributed by atoms with Crippen molar-refractivity contribution in [3.63, 3.8) is 0 Å². The highest BCUT2D eigenvalue weighted by Gasteiger charge is 2.20. The summed E-state index contributed by atoms with van der Waals surface area (Å²) in [7, 11) is 0. The first-order valence-corrected chi connectivity index (χ1v) is 4.37. The summed E-state index contributed by atoms with van der Waals surface area (Å²) in [5.74, 6) is -0.571. The van der Waals surface area contributed by atoms with Gasteiger partial charge < -0.3 is 0 Å². The maximum absolute atomic E-state index is 12.6. The topological polar surface area (TPSA) is 40.9 Å². The van der Waals surface area contributed by atoms with E-state index in [-0.39, 0.29) is 16.1 Å². The van der Waals surface area contributed by atoms with Crippen LogP contribution in [0.15, 0.2) is 12.1 Å². The number of rotatable bonds is 2. The fraction of sp³-hybridized carbons (Fsp3) is 0.200. The molecule has 0 amide bonds. The summed E-state index contributed by atoms with van der Waals surface area (Å²) in [5.41, 5.74) is -0.867. The standard InChI is InChI=1S/C10H6ClF2NO/c1-5(15)9-6(4-14)2-7(11)3-8(9)10(12)13/h2-3,10H,1H3. The quantitative estimate of drug-likeness (QED) is 0.730. The largest absolute Gasteiger partial charge is 0.294 e.